The van der Waals surface area contributed by atoms with Gasteiger partial charge in [-0.3, -0.25) is 0 Å². The Hall–Kier alpha value is -0.260. The van der Waals surface area contributed by atoms with E-state index in [-0.39, 0.29) is 12.6 Å². The van der Waals surface area contributed by atoms with Gasteiger partial charge in [0.05, 0.1) is 12.6 Å². The van der Waals surface area contributed by atoms with Gasteiger partial charge in [0, 0.05) is 20.2 Å². The first-order valence-corrected chi connectivity index (χ1v) is 3.42. The summed E-state index contributed by atoms with van der Waals surface area (Å²) in [7, 11) is 1.50. The molecule has 0 fully saturated rings. The Morgan fingerprint density at radius 1 is 1.45 bits per heavy atom. The van der Waals surface area contributed by atoms with Crippen LogP contribution in [0.1, 0.15) is 0 Å². The summed E-state index contributed by atoms with van der Waals surface area (Å²) in [5.74, 6) is 0. The van der Waals surface area contributed by atoms with E-state index in [0.717, 1.165) is 0 Å². The van der Waals surface area contributed by atoms with E-state index in [1.165, 1.54) is 7.11 Å². The zero-order valence-corrected chi connectivity index (χ0v) is 6.52. The van der Waals surface area contributed by atoms with E-state index >= 15 is 0 Å². The van der Waals surface area contributed by atoms with Gasteiger partial charge in [-0.15, -0.1) is 0 Å². The van der Waals surface area contributed by atoms with Gasteiger partial charge in [-0.25, -0.2) is 8.78 Å². The van der Waals surface area contributed by atoms with Gasteiger partial charge >= 0.3 is 0 Å². The fourth-order valence-electron chi connectivity index (χ4n) is 0.616. The van der Waals surface area contributed by atoms with E-state index in [1.807, 2.05) is 0 Å². The van der Waals surface area contributed by atoms with E-state index in [0.29, 0.717) is 13.1 Å². The minimum Gasteiger partial charge on any atom is -0.379 e. The normalized spacial score (nSPS) is 13.9. The Bertz CT molecular complexity index is 88.7. The quantitative estimate of drug-likeness (QED) is 0.578. The van der Waals surface area contributed by atoms with Gasteiger partial charge in [0.2, 0.25) is 0 Å². The van der Waals surface area contributed by atoms with Crippen LogP contribution in [0, 0.1) is 0 Å². The van der Waals surface area contributed by atoms with E-state index in [4.69, 9.17) is 10.5 Å². The molecule has 3 nitrogen and oxygen atoms in total. The topological polar surface area (TPSA) is 47.3 Å². The van der Waals surface area contributed by atoms with E-state index in [2.05, 4.69) is 5.32 Å². The molecular weight excluding hydrogens is 154 g/mol. The molecule has 68 valence electrons. The number of rotatable bonds is 6. The molecule has 1 atom stereocenters. The van der Waals surface area contributed by atoms with E-state index in [1.54, 1.807) is 0 Å². The lowest BCUT2D eigenvalue weighted by molar-refractivity contribution is 0.0968. The molecule has 0 aromatic rings. The van der Waals surface area contributed by atoms with Crippen LogP contribution in [0.3, 0.4) is 0 Å². The molecule has 0 rings (SSSR count). The molecule has 11 heavy (non-hydrogen) atoms. The summed E-state index contributed by atoms with van der Waals surface area (Å²) in [6.45, 7) is 0.407. The number of methoxy groups -OCH3 is 1. The molecule has 1 unspecified atom stereocenters. The second-order valence-electron chi connectivity index (χ2n) is 2.14. The minimum absolute atomic E-state index is 0.172. The first-order chi connectivity index (χ1) is 5.20. The zero-order valence-electron chi connectivity index (χ0n) is 6.52. The average Bonchev–Trinajstić information content (AvgIpc) is 1.98. The monoisotopic (exact) mass is 168 g/mol. The van der Waals surface area contributed by atoms with Gasteiger partial charge in [-0.1, -0.05) is 0 Å². The number of halogens is 2. The highest BCUT2D eigenvalue weighted by atomic mass is 19.3. The van der Waals surface area contributed by atoms with Crippen molar-refractivity contribution in [1.82, 2.24) is 5.32 Å². The molecule has 0 radical (unpaired) electrons. The summed E-state index contributed by atoms with van der Waals surface area (Å²) in [5.41, 5.74) is 5.25. The predicted molar refractivity (Wildman–Crippen MR) is 38.7 cm³/mol. The fourth-order valence-corrected chi connectivity index (χ4v) is 0.616. The predicted octanol–water partition coefficient (Wildman–Crippen LogP) is -0.185. The maximum absolute atomic E-state index is 11.6. The number of ether oxygens (including phenoxy) is 1. The van der Waals surface area contributed by atoms with Gasteiger partial charge in [0.25, 0.3) is 6.43 Å². The highest BCUT2D eigenvalue weighted by molar-refractivity contribution is 4.61. The number of nitrogens with one attached hydrogen (secondary N) is 1. The van der Waals surface area contributed by atoms with Crippen molar-refractivity contribution < 1.29 is 13.5 Å². The molecule has 0 aliphatic carbocycles. The number of alkyl halides is 2. The van der Waals surface area contributed by atoms with Crippen LogP contribution < -0.4 is 11.1 Å². The molecule has 0 aliphatic heterocycles. The van der Waals surface area contributed by atoms with Gasteiger partial charge in [-0.05, 0) is 0 Å². The van der Waals surface area contributed by atoms with Crippen molar-refractivity contribution in [1.29, 1.82) is 0 Å². The molecule has 0 aromatic heterocycles. The van der Waals surface area contributed by atoms with Crippen LogP contribution >= 0.6 is 0 Å². The largest absolute Gasteiger partial charge is 0.379 e. The van der Waals surface area contributed by atoms with Gasteiger partial charge in [-0.2, -0.15) is 0 Å². The van der Waals surface area contributed by atoms with Crippen LogP contribution in [-0.2, 0) is 4.74 Å². The Kier molecular flexibility index (Phi) is 6.30. The average molecular weight is 168 g/mol. The van der Waals surface area contributed by atoms with Crippen molar-refractivity contribution >= 4 is 0 Å². The molecule has 5 heteroatoms. The van der Waals surface area contributed by atoms with Crippen LogP contribution in [0.2, 0.25) is 0 Å². The molecule has 0 spiro atoms. The first-order valence-electron chi connectivity index (χ1n) is 3.42. The van der Waals surface area contributed by atoms with E-state index in [9.17, 15) is 8.78 Å². The molecule has 0 heterocycles. The zero-order chi connectivity index (χ0) is 8.69. The Balaban J connectivity index is 3.21. The van der Waals surface area contributed by atoms with Gasteiger partial charge < -0.3 is 15.8 Å². The van der Waals surface area contributed by atoms with Crippen molar-refractivity contribution in [2.45, 2.75) is 12.5 Å². The van der Waals surface area contributed by atoms with Crippen LogP contribution in [0.4, 0.5) is 8.78 Å². The summed E-state index contributed by atoms with van der Waals surface area (Å²) < 4.78 is 28.0. The number of hydrogen-bond donors (Lipinski definition) is 2. The van der Waals surface area contributed by atoms with E-state index < -0.39 is 6.43 Å². The molecule has 0 amide bonds. The standard InChI is InChI=1S/C6H14F2N2O/c1-11-5(2-9)3-10-4-6(7)8/h5-6,10H,2-4,9H2,1H3. The van der Waals surface area contributed by atoms with Crippen molar-refractivity contribution in [2.75, 3.05) is 26.7 Å². The number of nitrogens with two attached hydrogens (primary N) is 1. The minimum atomic E-state index is -2.31. The maximum Gasteiger partial charge on any atom is 0.250 e. The lowest BCUT2D eigenvalue weighted by atomic mass is 10.3. The molecule has 3 N–H and O–H groups in total. The third kappa shape index (κ3) is 6.15. The maximum atomic E-state index is 11.6. The molecule has 0 saturated heterocycles. The highest BCUT2D eigenvalue weighted by Crippen LogP contribution is 1.89. The highest BCUT2D eigenvalue weighted by Gasteiger charge is 2.05. The summed E-state index contributed by atoms with van der Waals surface area (Å²) in [6.07, 6.45) is -2.49. The van der Waals surface area contributed by atoms with Crippen LogP contribution in [0.15, 0.2) is 0 Å². The molecule has 0 aromatic carbocycles. The van der Waals surface area contributed by atoms with Crippen molar-refractivity contribution in [2.24, 2.45) is 5.73 Å². The van der Waals surface area contributed by atoms with Crippen LogP contribution in [-0.4, -0.2) is 39.3 Å². The van der Waals surface area contributed by atoms with Gasteiger partial charge in [0.15, 0.2) is 0 Å². The molecular formula is C6H14F2N2O. The lowest BCUT2D eigenvalue weighted by Gasteiger charge is -2.12. The molecule has 0 saturated carbocycles. The molecule has 0 bridgehead atoms. The summed E-state index contributed by atoms with van der Waals surface area (Å²) >= 11 is 0. The molecule has 0 aliphatic rings. The SMILES string of the molecule is COC(CN)CNCC(F)F. The Labute approximate surface area is 64.9 Å². The smallest absolute Gasteiger partial charge is 0.250 e. The van der Waals surface area contributed by atoms with Crippen LogP contribution in [0.5, 0.6) is 0 Å². The van der Waals surface area contributed by atoms with Crippen molar-refractivity contribution in [3.05, 3.63) is 0 Å². The Morgan fingerprint density at radius 2 is 2.09 bits per heavy atom. The summed E-state index contributed by atoms with van der Waals surface area (Å²) in [5, 5.41) is 2.53. The fraction of sp³-hybridized carbons (Fsp3) is 1.00. The summed E-state index contributed by atoms with van der Waals surface area (Å²) in [6, 6.07) is 0. The first kappa shape index (κ1) is 10.7. The summed E-state index contributed by atoms with van der Waals surface area (Å²) in [4.78, 5) is 0. The van der Waals surface area contributed by atoms with Gasteiger partial charge in [0.1, 0.15) is 0 Å². The second kappa shape index (κ2) is 6.45. The third-order valence-corrected chi connectivity index (χ3v) is 1.27. The van der Waals surface area contributed by atoms with Crippen LogP contribution in [0.25, 0.3) is 0 Å². The van der Waals surface area contributed by atoms with Crippen molar-refractivity contribution in [3.63, 3.8) is 0 Å². The second-order valence-corrected chi connectivity index (χ2v) is 2.14. The number of hydrogen-bond acceptors (Lipinski definition) is 3. The Morgan fingerprint density at radius 3 is 2.45 bits per heavy atom. The lowest BCUT2D eigenvalue weighted by Crippen LogP contribution is -2.36. The van der Waals surface area contributed by atoms with Crippen molar-refractivity contribution in [3.8, 4) is 0 Å². The third-order valence-electron chi connectivity index (χ3n) is 1.27.